The Kier molecular flexibility index (Phi) is 4.61. The summed E-state index contributed by atoms with van der Waals surface area (Å²) >= 11 is 0. The number of aromatic nitrogens is 2. The van der Waals surface area contributed by atoms with Crippen LogP contribution in [0, 0.1) is 0 Å². The van der Waals surface area contributed by atoms with Crippen molar-refractivity contribution in [2.45, 2.75) is 12.7 Å². The molecule has 26 heavy (non-hydrogen) atoms. The number of nitrogen functional groups attached to an aromatic ring is 1. The molecule has 3 N–H and O–H groups in total. The molecular formula is C17H13F3N4O2. The summed E-state index contributed by atoms with van der Waals surface area (Å²) in [5, 5.41) is 6.36. The van der Waals surface area contributed by atoms with E-state index in [1.807, 2.05) is 0 Å². The first-order chi connectivity index (χ1) is 12.4. The van der Waals surface area contributed by atoms with E-state index < -0.39 is 17.6 Å². The molecule has 0 atom stereocenters. The van der Waals surface area contributed by atoms with Crippen LogP contribution in [0.5, 0.6) is 0 Å². The van der Waals surface area contributed by atoms with Crippen molar-refractivity contribution in [2.24, 2.45) is 0 Å². The Morgan fingerprint density at radius 2 is 1.92 bits per heavy atom. The molecule has 0 saturated heterocycles. The Balaban J connectivity index is 1.74. The van der Waals surface area contributed by atoms with Gasteiger partial charge in [-0.2, -0.15) is 13.2 Å². The molecule has 2 heterocycles. The molecule has 0 saturated carbocycles. The van der Waals surface area contributed by atoms with Gasteiger partial charge < -0.3 is 15.6 Å². The van der Waals surface area contributed by atoms with E-state index in [0.717, 1.165) is 12.1 Å². The molecule has 0 aliphatic rings. The average Bonchev–Trinajstić information content (AvgIpc) is 3.02. The maximum absolute atomic E-state index is 12.6. The monoisotopic (exact) mass is 362 g/mol. The Bertz CT molecular complexity index is 906. The number of nitrogens with one attached hydrogen (secondary N) is 1. The fraction of sp³-hybridized carbons (Fsp3) is 0.118. The summed E-state index contributed by atoms with van der Waals surface area (Å²) in [4.78, 5) is 16.4. The largest absolute Gasteiger partial charge is 0.416 e. The molecular weight excluding hydrogens is 349 g/mol. The molecule has 0 spiro atoms. The van der Waals surface area contributed by atoms with Crippen LogP contribution >= 0.6 is 0 Å². The zero-order valence-electron chi connectivity index (χ0n) is 13.2. The molecule has 3 aromatic rings. The van der Waals surface area contributed by atoms with E-state index in [2.05, 4.69) is 15.5 Å². The number of nitrogens with zero attached hydrogens (tertiary/aromatic N) is 2. The molecule has 9 heteroatoms. The van der Waals surface area contributed by atoms with E-state index in [0.29, 0.717) is 11.1 Å². The molecule has 1 aromatic carbocycles. The van der Waals surface area contributed by atoms with Crippen LogP contribution in [0.15, 0.2) is 53.3 Å². The van der Waals surface area contributed by atoms with E-state index in [9.17, 15) is 18.0 Å². The highest BCUT2D eigenvalue weighted by Gasteiger charge is 2.30. The quantitative estimate of drug-likeness (QED) is 0.743. The first-order valence-corrected chi connectivity index (χ1v) is 7.46. The zero-order chi connectivity index (χ0) is 18.7. The Hall–Kier alpha value is -3.36. The molecule has 2 aromatic heterocycles. The van der Waals surface area contributed by atoms with Crippen molar-refractivity contribution < 1.29 is 22.5 Å². The van der Waals surface area contributed by atoms with Crippen LogP contribution in [0.3, 0.4) is 0 Å². The van der Waals surface area contributed by atoms with Crippen LogP contribution in [-0.4, -0.2) is 16.0 Å². The van der Waals surface area contributed by atoms with E-state index in [1.54, 1.807) is 18.3 Å². The van der Waals surface area contributed by atoms with Gasteiger partial charge >= 0.3 is 6.18 Å². The Morgan fingerprint density at radius 1 is 1.19 bits per heavy atom. The second-order valence-electron chi connectivity index (χ2n) is 5.39. The summed E-state index contributed by atoms with van der Waals surface area (Å²) < 4.78 is 42.6. The number of pyridine rings is 1. The number of carbonyl (C=O) groups excluding carboxylic acids is 1. The van der Waals surface area contributed by atoms with Crippen LogP contribution in [0.2, 0.25) is 0 Å². The summed E-state index contributed by atoms with van der Waals surface area (Å²) in [5.41, 5.74) is 6.26. The smallest absolute Gasteiger partial charge is 0.367 e. The molecule has 0 aliphatic carbocycles. The van der Waals surface area contributed by atoms with Crippen molar-refractivity contribution in [2.75, 3.05) is 5.73 Å². The van der Waals surface area contributed by atoms with Crippen molar-refractivity contribution in [1.29, 1.82) is 0 Å². The highest BCUT2D eigenvalue weighted by molar-refractivity contribution is 6.03. The minimum atomic E-state index is -4.41. The summed E-state index contributed by atoms with van der Waals surface area (Å²) in [5.74, 6) is -0.712. The van der Waals surface area contributed by atoms with Crippen molar-refractivity contribution in [3.63, 3.8) is 0 Å². The lowest BCUT2D eigenvalue weighted by Crippen LogP contribution is -2.24. The predicted molar refractivity (Wildman–Crippen MR) is 86.8 cm³/mol. The van der Waals surface area contributed by atoms with Gasteiger partial charge in [0.25, 0.3) is 5.91 Å². The number of alkyl halides is 3. The van der Waals surface area contributed by atoms with Crippen LogP contribution in [-0.2, 0) is 12.7 Å². The molecule has 0 aliphatic heterocycles. The van der Waals surface area contributed by atoms with Gasteiger partial charge in [0.1, 0.15) is 11.3 Å². The van der Waals surface area contributed by atoms with Gasteiger partial charge in [-0.25, -0.2) is 0 Å². The molecule has 0 unspecified atom stereocenters. The first-order valence-electron chi connectivity index (χ1n) is 7.46. The SMILES string of the molecule is Nc1onc(-c2cccnc2)c1C(=O)NCc1ccc(C(F)(F)F)cc1. The third-order valence-corrected chi connectivity index (χ3v) is 3.61. The standard InChI is InChI=1S/C17H13F3N4O2/c18-17(19,20)12-5-3-10(4-6-12)8-23-16(25)13-14(24-26-15(13)21)11-2-1-7-22-9-11/h1-7,9H,8,21H2,(H,23,25). The summed E-state index contributed by atoms with van der Waals surface area (Å²) in [6.45, 7) is 0.0219. The highest BCUT2D eigenvalue weighted by atomic mass is 19.4. The van der Waals surface area contributed by atoms with Gasteiger partial charge in [0.05, 0.1) is 5.56 Å². The zero-order valence-corrected chi connectivity index (χ0v) is 13.2. The molecule has 3 rings (SSSR count). The molecule has 0 radical (unpaired) electrons. The van der Waals surface area contributed by atoms with Crippen LogP contribution in [0.4, 0.5) is 19.1 Å². The lowest BCUT2D eigenvalue weighted by atomic mass is 10.1. The summed E-state index contributed by atoms with van der Waals surface area (Å²) in [6, 6.07) is 7.86. The fourth-order valence-electron chi connectivity index (χ4n) is 2.30. The molecule has 134 valence electrons. The Morgan fingerprint density at radius 3 is 2.54 bits per heavy atom. The van der Waals surface area contributed by atoms with Gasteiger partial charge in [-0.15, -0.1) is 0 Å². The van der Waals surface area contributed by atoms with Crippen molar-refractivity contribution in [3.05, 3.63) is 65.5 Å². The molecule has 1 amide bonds. The topological polar surface area (TPSA) is 94.0 Å². The van der Waals surface area contributed by atoms with E-state index in [4.69, 9.17) is 10.3 Å². The lowest BCUT2D eigenvalue weighted by molar-refractivity contribution is -0.137. The van der Waals surface area contributed by atoms with Gasteiger partial charge in [-0.05, 0) is 29.8 Å². The van der Waals surface area contributed by atoms with Crippen molar-refractivity contribution >= 4 is 11.8 Å². The highest BCUT2D eigenvalue weighted by Crippen LogP contribution is 2.29. The third kappa shape index (κ3) is 3.66. The van der Waals surface area contributed by atoms with Crippen molar-refractivity contribution in [1.82, 2.24) is 15.5 Å². The van der Waals surface area contributed by atoms with Crippen LogP contribution in [0.1, 0.15) is 21.5 Å². The first kappa shape index (κ1) is 17.5. The number of rotatable bonds is 4. The minimum Gasteiger partial charge on any atom is -0.367 e. The lowest BCUT2D eigenvalue weighted by Gasteiger charge is -2.09. The van der Waals surface area contributed by atoms with Gasteiger partial charge in [0, 0.05) is 24.5 Å². The number of carbonyl (C=O) groups is 1. The number of halogens is 3. The van der Waals surface area contributed by atoms with Gasteiger partial charge in [0.2, 0.25) is 5.88 Å². The number of nitrogens with two attached hydrogens (primary N) is 1. The number of anilines is 1. The summed E-state index contributed by atoms with van der Waals surface area (Å²) in [7, 11) is 0. The maximum Gasteiger partial charge on any atom is 0.416 e. The predicted octanol–water partition coefficient (Wildman–Crippen LogP) is 3.27. The van der Waals surface area contributed by atoms with Crippen molar-refractivity contribution in [3.8, 4) is 11.3 Å². The number of hydrogen-bond donors (Lipinski definition) is 2. The fourth-order valence-corrected chi connectivity index (χ4v) is 2.30. The van der Waals surface area contributed by atoms with Gasteiger partial charge in [0.15, 0.2) is 0 Å². The second-order valence-corrected chi connectivity index (χ2v) is 5.39. The number of hydrogen-bond acceptors (Lipinski definition) is 5. The normalized spacial score (nSPS) is 11.3. The van der Waals surface area contributed by atoms with E-state index in [-0.39, 0.29) is 23.7 Å². The molecule has 0 bridgehead atoms. The summed E-state index contributed by atoms with van der Waals surface area (Å²) in [6.07, 6.45) is -1.33. The maximum atomic E-state index is 12.6. The minimum absolute atomic E-state index is 0.0219. The third-order valence-electron chi connectivity index (χ3n) is 3.61. The Labute approximate surface area is 145 Å². The van der Waals surface area contributed by atoms with Crippen LogP contribution < -0.4 is 11.1 Å². The molecule has 6 nitrogen and oxygen atoms in total. The number of benzene rings is 1. The second kappa shape index (κ2) is 6.87. The van der Waals surface area contributed by atoms with E-state index >= 15 is 0 Å². The molecule has 0 fully saturated rings. The van der Waals surface area contributed by atoms with E-state index in [1.165, 1.54) is 18.3 Å². The van der Waals surface area contributed by atoms with Gasteiger partial charge in [-0.3, -0.25) is 9.78 Å². The van der Waals surface area contributed by atoms with Gasteiger partial charge in [-0.1, -0.05) is 17.3 Å². The van der Waals surface area contributed by atoms with Crippen LogP contribution in [0.25, 0.3) is 11.3 Å². The average molecular weight is 362 g/mol. The number of amides is 1.